The third kappa shape index (κ3) is 2.27. The van der Waals surface area contributed by atoms with Gasteiger partial charge in [0, 0.05) is 4.90 Å². The number of benzene rings is 1. The highest BCUT2D eigenvalue weighted by molar-refractivity contribution is 7.98. The molecule has 1 aliphatic rings. The lowest BCUT2D eigenvalue weighted by atomic mass is 9.99. The first-order chi connectivity index (χ1) is 7.33. The van der Waals surface area contributed by atoms with Crippen LogP contribution in [0.2, 0.25) is 0 Å². The van der Waals surface area contributed by atoms with Crippen molar-refractivity contribution in [3.63, 3.8) is 0 Å². The van der Waals surface area contributed by atoms with Crippen LogP contribution in [0.4, 0.5) is 0 Å². The van der Waals surface area contributed by atoms with Gasteiger partial charge in [0.2, 0.25) is 0 Å². The van der Waals surface area contributed by atoms with E-state index in [4.69, 9.17) is 5.73 Å². The number of thioether (sulfide) groups is 1. The van der Waals surface area contributed by atoms with Gasteiger partial charge in [-0.15, -0.1) is 11.8 Å². The van der Waals surface area contributed by atoms with Crippen LogP contribution in [0.15, 0.2) is 40.8 Å². The van der Waals surface area contributed by atoms with Gasteiger partial charge in [-0.05, 0) is 37.1 Å². The first kappa shape index (κ1) is 10.8. The first-order valence-corrected chi connectivity index (χ1v) is 6.63. The first-order valence-electron chi connectivity index (χ1n) is 5.40. The Hall–Kier alpha value is -0.730. The Balaban J connectivity index is 2.27. The van der Waals surface area contributed by atoms with Crippen molar-refractivity contribution >= 4 is 11.8 Å². The summed E-state index contributed by atoms with van der Waals surface area (Å²) in [6.07, 6.45) is 8.05. The van der Waals surface area contributed by atoms with E-state index in [2.05, 4.69) is 36.6 Å². The SMILES string of the molecule is CSc1ccccc1C(N)C1=CCCC1. The second-order valence-electron chi connectivity index (χ2n) is 3.89. The molecule has 0 fully saturated rings. The molecule has 0 heterocycles. The molecule has 0 bridgehead atoms. The standard InChI is InChI=1S/C13H17NS/c1-15-12-9-5-4-8-11(12)13(14)10-6-2-3-7-10/h4-6,8-9,13H,2-3,7,14H2,1H3. The maximum atomic E-state index is 6.30. The van der Waals surface area contributed by atoms with E-state index in [-0.39, 0.29) is 6.04 Å². The molecule has 1 unspecified atom stereocenters. The normalized spacial score (nSPS) is 17.6. The molecule has 2 heteroatoms. The van der Waals surface area contributed by atoms with Crippen LogP contribution in [0.25, 0.3) is 0 Å². The molecule has 1 aromatic rings. The van der Waals surface area contributed by atoms with Crippen molar-refractivity contribution in [3.05, 3.63) is 41.5 Å². The summed E-state index contributed by atoms with van der Waals surface area (Å²) in [5.74, 6) is 0. The fourth-order valence-electron chi connectivity index (χ4n) is 2.10. The summed E-state index contributed by atoms with van der Waals surface area (Å²) < 4.78 is 0. The Morgan fingerprint density at radius 1 is 1.33 bits per heavy atom. The summed E-state index contributed by atoms with van der Waals surface area (Å²) in [6, 6.07) is 8.55. The van der Waals surface area contributed by atoms with E-state index in [1.165, 1.54) is 35.3 Å². The van der Waals surface area contributed by atoms with Gasteiger partial charge in [-0.2, -0.15) is 0 Å². The molecule has 2 N–H and O–H groups in total. The van der Waals surface area contributed by atoms with Gasteiger partial charge in [-0.1, -0.05) is 29.8 Å². The fourth-order valence-corrected chi connectivity index (χ4v) is 2.75. The monoisotopic (exact) mass is 219 g/mol. The maximum Gasteiger partial charge on any atom is 0.0522 e. The van der Waals surface area contributed by atoms with Gasteiger partial charge >= 0.3 is 0 Å². The lowest BCUT2D eigenvalue weighted by Crippen LogP contribution is -2.13. The Labute approximate surface area is 95.8 Å². The number of allylic oxidation sites excluding steroid dienone is 1. The quantitative estimate of drug-likeness (QED) is 0.622. The molecule has 0 saturated carbocycles. The average molecular weight is 219 g/mol. The van der Waals surface area contributed by atoms with E-state index in [1.54, 1.807) is 11.8 Å². The Morgan fingerprint density at radius 3 is 2.80 bits per heavy atom. The van der Waals surface area contributed by atoms with Gasteiger partial charge in [0.15, 0.2) is 0 Å². The van der Waals surface area contributed by atoms with Crippen LogP contribution >= 0.6 is 11.8 Å². The highest BCUT2D eigenvalue weighted by atomic mass is 32.2. The lowest BCUT2D eigenvalue weighted by molar-refractivity contribution is 0.772. The van der Waals surface area contributed by atoms with Crippen molar-refractivity contribution in [2.45, 2.75) is 30.2 Å². The van der Waals surface area contributed by atoms with Gasteiger partial charge in [0.05, 0.1) is 6.04 Å². The molecule has 0 spiro atoms. The Kier molecular flexibility index (Phi) is 3.49. The van der Waals surface area contributed by atoms with Gasteiger partial charge in [0.25, 0.3) is 0 Å². The zero-order chi connectivity index (χ0) is 10.7. The molecular formula is C13H17NS. The average Bonchev–Trinajstić information content (AvgIpc) is 2.81. The fraction of sp³-hybridized carbons (Fsp3) is 0.385. The Morgan fingerprint density at radius 2 is 2.13 bits per heavy atom. The molecule has 0 aromatic heterocycles. The molecule has 2 rings (SSSR count). The van der Waals surface area contributed by atoms with E-state index >= 15 is 0 Å². The summed E-state index contributed by atoms with van der Waals surface area (Å²) in [5, 5.41) is 0. The predicted molar refractivity (Wildman–Crippen MR) is 67.1 cm³/mol. The predicted octanol–water partition coefficient (Wildman–Crippen LogP) is 3.52. The molecule has 0 radical (unpaired) electrons. The number of nitrogens with two attached hydrogens (primary N) is 1. The zero-order valence-corrected chi connectivity index (χ0v) is 9.89. The van der Waals surface area contributed by atoms with Crippen molar-refractivity contribution in [2.75, 3.05) is 6.26 Å². The summed E-state index contributed by atoms with van der Waals surface area (Å²) in [7, 11) is 0. The topological polar surface area (TPSA) is 26.0 Å². The van der Waals surface area contributed by atoms with Crippen molar-refractivity contribution in [3.8, 4) is 0 Å². The van der Waals surface area contributed by atoms with Crippen LogP contribution in [-0.4, -0.2) is 6.26 Å². The molecule has 1 aliphatic carbocycles. The van der Waals surface area contributed by atoms with Crippen LogP contribution < -0.4 is 5.73 Å². The van der Waals surface area contributed by atoms with E-state index in [9.17, 15) is 0 Å². The number of rotatable bonds is 3. The van der Waals surface area contributed by atoms with Crippen molar-refractivity contribution in [1.82, 2.24) is 0 Å². The Bertz CT molecular complexity index is 371. The number of hydrogen-bond acceptors (Lipinski definition) is 2. The van der Waals surface area contributed by atoms with Crippen molar-refractivity contribution < 1.29 is 0 Å². The maximum absolute atomic E-state index is 6.30. The third-order valence-corrected chi connectivity index (χ3v) is 3.76. The highest BCUT2D eigenvalue weighted by Crippen LogP contribution is 2.33. The van der Waals surface area contributed by atoms with Gasteiger partial charge in [-0.25, -0.2) is 0 Å². The molecule has 15 heavy (non-hydrogen) atoms. The van der Waals surface area contributed by atoms with E-state index in [0.717, 1.165) is 0 Å². The van der Waals surface area contributed by atoms with Crippen LogP contribution in [-0.2, 0) is 0 Å². The van der Waals surface area contributed by atoms with Crippen LogP contribution in [0.1, 0.15) is 30.9 Å². The lowest BCUT2D eigenvalue weighted by Gasteiger charge is -2.16. The van der Waals surface area contributed by atoms with Gasteiger partial charge in [-0.3, -0.25) is 0 Å². The largest absolute Gasteiger partial charge is 0.321 e. The second-order valence-corrected chi connectivity index (χ2v) is 4.74. The third-order valence-electron chi connectivity index (χ3n) is 2.95. The molecule has 1 aromatic carbocycles. The summed E-state index contributed by atoms with van der Waals surface area (Å²) >= 11 is 1.78. The summed E-state index contributed by atoms with van der Waals surface area (Å²) in [4.78, 5) is 1.30. The molecule has 80 valence electrons. The van der Waals surface area contributed by atoms with E-state index < -0.39 is 0 Å². The molecule has 1 atom stereocenters. The summed E-state index contributed by atoms with van der Waals surface area (Å²) in [5.41, 5.74) is 8.98. The smallest absolute Gasteiger partial charge is 0.0522 e. The summed E-state index contributed by atoms with van der Waals surface area (Å²) in [6.45, 7) is 0. The molecular weight excluding hydrogens is 202 g/mol. The van der Waals surface area contributed by atoms with E-state index in [0.29, 0.717) is 0 Å². The van der Waals surface area contributed by atoms with Crippen LogP contribution in [0.5, 0.6) is 0 Å². The minimum absolute atomic E-state index is 0.108. The van der Waals surface area contributed by atoms with Crippen molar-refractivity contribution in [1.29, 1.82) is 0 Å². The van der Waals surface area contributed by atoms with Crippen LogP contribution in [0.3, 0.4) is 0 Å². The second kappa shape index (κ2) is 4.86. The van der Waals surface area contributed by atoms with Crippen molar-refractivity contribution in [2.24, 2.45) is 5.73 Å². The minimum Gasteiger partial charge on any atom is -0.321 e. The van der Waals surface area contributed by atoms with Gasteiger partial charge in [0.1, 0.15) is 0 Å². The van der Waals surface area contributed by atoms with E-state index in [1.807, 2.05) is 0 Å². The molecule has 0 saturated heterocycles. The van der Waals surface area contributed by atoms with Crippen LogP contribution in [0, 0.1) is 0 Å². The molecule has 0 aliphatic heterocycles. The van der Waals surface area contributed by atoms with Gasteiger partial charge < -0.3 is 5.73 Å². The molecule has 1 nitrogen and oxygen atoms in total. The molecule has 0 amide bonds. The zero-order valence-electron chi connectivity index (χ0n) is 9.07. The number of hydrogen-bond donors (Lipinski definition) is 1. The highest BCUT2D eigenvalue weighted by Gasteiger charge is 2.16. The minimum atomic E-state index is 0.108.